The Balaban J connectivity index is 1.37. The molecule has 1 aromatic heterocycles. The number of carbonyl (C=O) groups excluding carboxylic acids is 2. The van der Waals surface area contributed by atoms with Crippen molar-refractivity contribution in [3.8, 4) is 0 Å². The molecule has 2 amide bonds. The molecular weight excluding hydrogens is 380 g/mol. The third kappa shape index (κ3) is 5.43. The monoisotopic (exact) mass is 402 g/mol. The summed E-state index contributed by atoms with van der Waals surface area (Å²) >= 11 is 6.06. The highest BCUT2D eigenvalue weighted by Crippen LogP contribution is 2.16. The lowest BCUT2D eigenvalue weighted by Gasteiger charge is -2.34. The van der Waals surface area contributed by atoms with Gasteiger partial charge >= 0.3 is 0 Å². The molecule has 1 aliphatic rings. The Hall–Kier alpha value is -2.64. The summed E-state index contributed by atoms with van der Waals surface area (Å²) in [6, 6.07) is 9.01. The molecule has 1 fully saturated rings. The Morgan fingerprint density at radius 3 is 2.68 bits per heavy atom. The van der Waals surface area contributed by atoms with Crippen molar-refractivity contribution in [2.75, 3.05) is 39.3 Å². The quantitative estimate of drug-likeness (QED) is 0.749. The maximum atomic E-state index is 12.3. The predicted molar refractivity (Wildman–Crippen MR) is 107 cm³/mol. The van der Waals surface area contributed by atoms with Crippen LogP contribution in [-0.2, 0) is 4.79 Å². The van der Waals surface area contributed by atoms with Crippen LogP contribution in [0.4, 0.5) is 0 Å². The molecule has 28 heavy (non-hydrogen) atoms. The van der Waals surface area contributed by atoms with Crippen LogP contribution in [0.25, 0.3) is 6.08 Å². The summed E-state index contributed by atoms with van der Waals surface area (Å²) in [5.41, 5.74) is 1.16. The van der Waals surface area contributed by atoms with Gasteiger partial charge in [-0.2, -0.15) is 0 Å². The smallest absolute Gasteiger partial charge is 0.276 e. The number of nitrogens with one attached hydrogen (secondary N) is 1. The molecule has 1 aliphatic heterocycles. The first-order valence-corrected chi connectivity index (χ1v) is 9.56. The number of benzene rings is 1. The Morgan fingerprint density at radius 2 is 2.00 bits per heavy atom. The standard InChI is InChI=1S/C20H23ClN4O3/c1-15-14-18(23-28-15)20(27)25-12-10-24(11-13-25)9-8-22-19(26)7-6-16-4-2-3-5-17(16)21/h2-7,14H,8-13H2,1H3,(H,22,26)/b7-6+. The van der Waals surface area contributed by atoms with Crippen LogP contribution >= 0.6 is 11.6 Å². The summed E-state index contributed by atoms with van der Waals surface area (Å²) in [5, 5.41) is 7.26. The van der Waals surface area contributed by atoms with Crippen molar-refractivity contribution < 1.29 is 14.1 Å². The number of halogens is 1. The molecule has 0 atom stereocenters. The molecule has 8 heteroatoms. The fourth-order valence-electron chi connectivity index (χ4n) is 2.98. The number of carbonyl (C=O) groups is 2. The second-order valence-electron chi connectivity index (χ2n) is 6.60. The third-order valence-electron chi connectivity index (χ3n) is 4.55. The van der Waals surface area contributed by atoms with Crippen LogP contribution in [0.1, 0.15) is 21.8 Å². The molecular formula is C20H23ClN4O3. The second kappa shape index (κ2) is 9.52. The maximum Gasteiger partial charge on any atom is 0.276 e. The van der Waals surface area contributed by atoms with E-state index >= 15 is 0 Å². The van der Waals surface area contributed by atoms with E-state index in [9.17, 15) is 9.59 Å². The zero-order chi connectivity index (χ0) is 19.9. The van der Waals surface area contributed by atoms with E-state index in [1.54, 1.807) is 30.0 Å². The highest BCUT2D eigenvalue weighted by molar-refractivity contribution is 6.32. The van der Waals surface area contributed by atoms with Crippen molar-refractivity contribution in [2.24, 2.45) is 0 Å². The number of piperazine rings is 1. The largest absolute Gasteiger partial charge is 0.361 e. The van der Waals surface area contributed by atoms with Crippen LogP contribution in [0.3, 0.4) is 0 Å². The first-order chi connectivity index (χ1) is 13.5. The van der Waals surface area contributed by atoms with Gasteiger partial charge in [0, 0.05) is 56.4 Å². The number of rotatable bonds is 6. The van der Waals surface area contributed by atoms with E-state index in [-0.39, 0.29) is 11.8 Å². The van der Waals surface area contributed by atoms with Crippen LogP contribution in [0.2, 0.25) is 5.02 Å². The van der Waals surface area contributed by atoms with Crippen molar-refractivity contribution in [2.45, 2.75) is 6.92 Å². The molecule has 1 aromatic carbocycles. The van der Waals surface area contributed by atoms with Gasteiger partial charge in [0.2, 0.25) is 5.91 Å². The van der Waals surface area contributed by atoms with E-state index in [1.807, 2.05) is 18.2 Å². The van der Waals surface area contributed by atoms with Crippen molar-refractivity contribution in [3.63, 3.8) is 0 Å². The van der Waals surface area contributed by atoms with Gasteiger partial charge in [-0.1, -0.05) is 35.0 Å². The SMILES string of the molecule is Cc1cc(C(=O)N2CCN(CCNC(=O)/C=C/c3ccccc3Cl)CC2)no1. The Kier molecular flexibility index (Phi) is 6.84. The molecule has 2 heterocycles. The molecule has 1 saturated heterocycles. The van der Waals surface area contributed by atoms with E-state index in [0.29, 0.717) is 36.1 Å². The summed E-state index contributed by atoms with van der Waals surface area (Å²) in [6.07, 6.45) is 3.19. The highest BCUT2D eigenvalue weighted by atomic mass is 35.5. The Morgan fingerprint density at radius 1 is 1.25 bits per heavy atom. The lowest BCUT2D eigenvalue weighted by atomic mass is 10.2. The van der Waals surface area contributed by atoms with Gasteiger partial charge in [-0.25, -0.2) is 0 Å². The minimum Gasteiger partial charge on any atom is -0.361 e. The highest BCUT2D eigenvalue weighted by Gasteiger charge is 2.23. The summed E-state index contributed by atoms with van der Waals surface area (Å²) in [6.45, 7) is 5.82. The molecule has 0 bridgehead atoms. The van der Waals surface area contributed by atoms with Crippen LogP contribution in [-0.4, -0.2) is 66.0 Å². The molecule has 7 nitrogen and oxygen atoms in total. The van der Waals surface area contributed by atoms with E-state index in [0.717, 1.165) is 25.2 Å². The summed E-state index contributed by atoms with van der Waals surface area (Å²) < 4.78 is 4.97. The number of aryl methyl sites for hydroxylation is 1. The number of nitrogens with zero attached hydrogens (tertiary/aromatic N) is 3. The van der Waals surface area contributed by atoms with E-state index in [1.165, 1.54) is 6.08 Å². The summed E-state index contributed by atoms with van der Waals surface area (Å²) in [5.74, 6) is 0.367. The fourth-order valence-corrected chi connectivity index (χ4v) is 3.17. The van der Waals surface area contributed by atoms with Gasteiger partial charge in [-0.05, 0) is 24.6 Å². The molecule has 0 saturated carbocycles. The normalized spacial score (nSPS) is 15.1. The first kappa shape index (κ1) is 20.1. The van der Waals surface area contributed by atoms with E-state index < -0.39 is 0 Å². The third-order valence-corrected chi connectivity index (χ3v) is 4.90. The minimum atomic E-state index is -0.157. The van der Waals surface area contributed by atoms with Gasteiger partial charge in [-0.3, -0.25) is 14.5 Å². The van der Waals surface area contributed by atoms with Crippen LogP contribution in [0.5, 0.6) is 0 Å². The van der Waals surface area contributed by atoms with Crippen LogP contribution in [0.15, 0.2) is 40.9 Å². The van der Waals surface area contributed by atoms with Crippen LogP contribution in [0, 0.1) is 6.92 Å². The number of hydrogen-bond donors (Lipinski definition) is 1. The van der Waals surface area contributed by atoms with Gasteiger partial charge in [0.1, 0.15) is 5.76 Å². The lowest BCUT2D eigenvalue weighted by Crippen LogP contribution is -2.50. The van der Waals surface area contributed by atoms with Crippen molar-refractivity contribution >= 4 is 29.5 Å². The number of aromatic nitrogens is 1. The average molecular weight is 403 g/mol. The van der Waals surface area contributed by atoms with Crippen molar-refractivity contribution in [1.82, 2.24) is 20.3 Å². The maximum absolute atomic E-state index is 12.3. The molecule has 3 rings (SSSR count). The van der Waals surface area contributed by atoms with Gasteiger partial charge in [-0.15, -0.1) is 0 Å². The molecule has 0 radical (unpaired) electrons. The Bertz CT molecular complexity index is 857. The topological polar surface area (TPSA) is 78.7 Å². The molecule has 2 aromatic rings. The summed E-state index contributed by atoms with van der Waals surface area (Å²) in [7, 11) is 0. The molecule has 0 aliphatic carbocycles. The van der Waals surface area contributed by atoms with Crippen LogP contribution < -0.4 is 5.32 Å². The lowest BCUT2D eigenvalue weighted by molar-refractivity contribution is -0.116. The van der Waals surface area contributed by atoms with Gasteiger partial charge < -0.3 is 14.7 Å². The number of amides is 2. The van der Waals surface area contributed by atoms with E-state index in [2.05, 4.69) is 15.4 Å². The molecule has 0 unspecified atom stereocenters. The van der Waals surface area contributed by atoms with Crippen molar-refractivity contribution in [3.05, 3.63) is 58.4 Å². The molecule has 1 N–H and O–H groups in total. The number of hydrogen-bond acceptors (Lipinski definition) is 5. The average Bonchev–Trinajstić information content (AvgIpc) is 3.14. The zero-order valence-corrected chi connectivity index (χ0v) is 16.5. The minimum absolute atomic E-state index is 0.102. The predicted octanol–water partition coefficient (Wildman–Crippen LogP) is 2.22. The molecule has 0 spiro atoms. The van der Waals surface area contributed by atoms with Gasteiger partial charge in [0.05, 0.1) is 0 Å². The van der Waals surface area contributed by atoms with Gasteiger partial charge in [0.25, 0.3) is 5.91 Å². The fraction of sp³-hybridized carbons (Fsp3) is 0.350. The Labute approximate surface area is 168 Å². The second-order valence-corrected chi connectivity index (χ2v) is 7.01. The van der Waals surface area contributed by atoms with Gasteiger partial charge in [0.15, 0.2) is 5.69 Å². The first-order valence-electron chi connectivity index (χ1n) is 9.18. The van der Waals surface area contributed by atoms with E-state index in [4.69, 9.17) is 16.1 Å². The summed E-state index contributed by atoms with van der Waals surface area (Å²) in [4.78, 5) is 28.3. The van der Waals surface area contributed by atoms with Crippen molar-refractivity contribution in [1.29, 1.82) is 0 Å². The zero-order valence-electron chi connectivity index (χ0n) is 15.7. The molecule has 148 valence electrons.